The summed E-state index contributed by atoms with van der Waals surface area (Å²) in [6, 6.07) is -4.13. The van der Waals surface area contributed by atoms with Gasteiger partial charge in [-0.15, -0.1) is 0 Å². The number of carbonyl (C=O) groups excluding carboxylic acids is 4. The molecule has 1 fully saturated rings. The molecule has 13 nitrogen and oxygen atoms in total. The fourth-order valence-electron chi connectivity index (χ4n) is 4.02. The quantitative estimate of drug-likeness (QED) is 0.192. The van der Waals surface area contributed by atoms with E-state index >= 15 is 0 Å². The highest BCUT2D eigenvalue weighted by Crippen LogP contribution is 2.20. The molecule has 1 aromatic rings. The average molecular weight is 494 g/mol. The first kappa shape index (κ1) is 27.8. The minimum absolute atomic E-state index is 0.0458. The highest BCUT2D eigenvalue weighted by molar-refractivity contribution is 5.94. The van der Waals surface area contributed by atoms with Gasteiger partial charge in [0.05, 0.1) is 12.4 Å². The summed E-state index contributed by atoms with van der Waals surface area (Å²) in [5.74, 6) is -3.47. The molecule has 1 aliphatic heterocycles. The van der Waals surface area contributed by atoms with Crippen LogP contribution in [0.2, 0.25) is 0 Å². The van der Waals surface area contributed by atoms with Crippen molar-refractivity contribution in [1.29, 1.82) is 0 Å². The first-order valence-corrected chi connectivity index (χ1v) is 11.6. The number of nitrogens with one attached hydrogen (secondary N) is 3. The summed E-state index contributed by atoms with van der Waals surface area (Å²) in [5.41, 5.74) is 11.8. The minimum atomic E-state index is -1.19. The van der Waals surface area contributed by atoms with Gasteiger partial charge in [0.15, 0.2) is 0 Å². The number of amides is 4. The Morgan fingerprint density at radius 2 is 1.89 bits per heavy atom. The number of aliphatic carboxylic acids is 1. The first-order valence-electron chi connectivity index (χ1n) is 11.6. The van der Waals surface area contributed by atoms with Crippen LogP contribution in [0.3, 0.4) is 0 Å². The molecule has 2 rings (SSSR count). The average Bonchev–Trinajstić information content (AvgIpc) is 3.46. The molecule has 8 N–H and O–H groups in total. The number of aromatic nitrogens is 2. The molecule has 194 valence electrons. The largest absolute Gasteiger partial charge is 0.480 e. The Balaban J connectivity index is 2.21. The molecule has 1 aromatic heterocycles. The second-order valence-electron chi connectivity index (χ2n) is 9.17. The zero-order valence-corrected chi connectivity index (χ0v) is 20.0. The summed E-state index contributed by atoms with van der Waals surface area (Å²) in [6.07, 6.45) is 3.88. The molecule has 35 heavy (non-hydrogen) atoms. The van der Waals surface area contributed by atoms with E-state index in [-0.39, 0.29) is 31.7 Å². The summed E-state index contributed by atoms with van der Waals surface area (Å²) in [6.45, 7) is 4.05. The van der Waals surface area contributed by atoms with Crippen LogP contribution in [0.5, 0.6) is 0 Å². The van der Waals surface area contributed by atoms with Crippen molar-refractivity contribution in [2.75, 3.05) is 6.54 Å². The fraction of sp³-hybridized carbons (Fsp3) is 0.636. The molecule has 13 heteroatoms. The molecule has 0 bridgehead atoms. The molecule has 0 aliphatic carbocycles. The van der Waals surface area contributed by atoms with Crippen LogP contribution in [0, 0.1) is 5.92 Å². The summed E-state index contributed by atoms with van der Waals surface area (Å²) in [5, 5.41) is 14.7. The summed E-state index contributed by atoms with van der Waals surface area (Å²) in [4.78, 5) is 69.9. The second kappa shape index (κ2) is 12.8. The Bertz CT molecular complexity index is 904. The van der Waals surface area contributed by atoms with Crippen LogP contribution < -0.4 is 22.1 Å². The van der Waals surface area contributed by atoms with Gasteiger partial charge in [0.1, 0.15) is 18.1 Å². The third-order valence-corrected chi connectivity index (χ3v) is 5.79. The fourth-order valence-corrected chi connectivity index (χ4v) is 4.02. The number of hydrogen-bond donors (Lipinski definition) is 6. The van der Waals surface area contributed by atoms with E-state index in [1.807, 2.05) is 13.8 Å². The Morgan fingerprint density at radius 3 is 2.46 bits per heavy atom. The number of carboxylic acid groups (broad SMARTS) is 1. The van der Waals surface area contributed by atoms with Gasteiger partial charge >= 0.3 is 5.97 Å². The number of aromatic amines is 1. The maximum atomic E-state index is 13.2. The molecule has 1 saturated heterocycles. The molecule has 4 unspecified atom stereocenters. The van der Waals surface area contributed by atoms with E-state index in [0.717, 1.165) is 0 Å². The molecule has 4 amide bonds. The SMILES string of the molecule is CC(C)CC(N)C(=O)NC(Cc1cnc[nH]1)C(=O)NC(CCC(N)=O)C(=O)N1CCCC1C(=O)O. The van der Waals surface area contributed by atoms with Gasteiger partial charge in [-0.2, -0.15) is 0 Å². The number of carboxylic acids is 1. The molecule has 1 aliphatic rings. The van der Waals surface area contributed by atoms with Crippen molar-refractivity contribution < 1.29 is 29.1 Å². The minimum Gasteiger partial charge on any atom is -0.480 e. The number of carbonyl (C=O) groups is 5. The number of H-pyrrole nitrogens is 1. The summed E-state index contributed by atoms with van der Waals surface area (Å²) < 4.78 is 0. The Kier molecular flexibility index (Phi) is 10.2. The molecule has 0 saturated carbocycles. The third kappa shape index (κ3) is 8.35. The van der Waals surface area contributed by atoms with E-state index in [2.05, 4.69) is 20.6 Å². The maximum absolute atomic E-state index is 13.2. The van der Waals surface area contributed by atoms with Gasteiger partial charge in [-0.3, -0.25) is 19.2 Å². The number of imidazole rings is 1. The smallest absolute Gasteiger partial charge is 0.326 e. The van der Waals surface area contributed by atoms with E-state index < -0.39 is 53.8 Å². The van der Waals surface area contributed by atoms with Crippen LogP contribution in [0.25, 0.3) is 0 Å². The normalized spacial score (nSPS) is 18.1. The van der Waals surface area contributed by atoms with E-state index in [9.17, 15) is 29.1 Å². The number of nitrogens with zero attached hydrogens (tertiary/aromatic N) is 2. The number of hydrogen-bond acceptors (Lipinski definition) is 7. The van der Waals surface area contributed by atoms with Crippen molar-refractivity contribution in [3.05, 3.63) is 18.2 Å². The molecular formula is C22H35N7O6. The Labute approximate surface area is 203 Å². The monoisotopic (exact) mass is 493 g/mol. The number of likely N-dealkylation sites (tertiary alicyclic amines) is 1. The van der Waals surface area contributed by atoms with Gasteiger partial charge in [0.25, 0.3) is 0 Å². The van der Waals surface area contributed by atoms with E-state index in [4.69, 9.17) is 11.5 Å². The zero-order chi connectivity index (χ0) is 26.1. The number of nitrogens with two attached hydrogens (primary N) is 2. The maximum Gasteiger partial charge on any atom is 0.326 e. The molecular weight excluding hydrogens is 458 g/mol. The second-order valence-corrected chi connectivity index (χ2v) is 9.17. The van der Waals surface area contributed by atoms with Gasteiger partial charge < -0.3 is 37.1 Å². The number of rotatable bonds is 13. The first-order chi connectivity index (χ1) is 16.5. The Morgan fingerprint density at radius 1 is 1.20 bits per heavy atom. The lowest BCUT2D eigenvalue weighted by molar-refractivity contribution is -0.149. The van der Waals surface area contributed by atoms with Gasteiger partial charge in [0.2, 0.25) is 23.6 Å². The summed E-state index contributed by atoms with van der Waals surface area (Å²) >= 11 is 0. The molecule has 2 heterocycles. The summed E-state index contributed by atoms with van der Waals surface area (Å²) in [7, 11) is 0. The molecule has 0 aromatic carbocycles. The predicted octanol–water partition coefficient (Wildman–Crippen LogP) is -1.36. The van der Waals surface area contributed by atoms with Gasteiger partial charge in [0, 0.05) is 31.3 Å². The van der Waals surface area contributed by atoms with Crippen LogP contribution in [0.15, 0.2) is 12.5 Å². The van der Waals surface area contributed by atoms with Crippen molar-refractivity contribution in [3.63, 3.8) is 0 Å². The van der Waals surface area contributed by atoms with Crippen LogP contribution in [-0.4, -0.2) is 80.3 Å². The van der Waals surface area contributed by atoms with Gasteiger partial charge in [-0.25, -0.2) is 9.78 Å². The van der Waals surface area contributed by atoms with E-state index in [1.165, 1.54) is 17.4 Å². The van der Waals surface area contributed by atoms with Crippen LogP contribution in [-0.2, 0) is 30.4 Å². The Hall–Kier alpha value is -3.48. The van der Waals surface area contributed by atoms with Crippen molar-refractivity contribution >= 4 is 29.6 Å². The van der Waals surface area contributed by atoms with Crippen LogP contribution in [0.4, 0.5) is 0 Å². The lowest BCUT2D eigenvalue weighted by atomic mass is 10.0. The van der Waals surface area contributed by atoms with Crippen molar-refractivity contribution in [1.82, 2.24) is 25.5 Å². The lowest BCUT2D eigenvalue weighted by Gasteiger charge is -2.29. The van der Waals surface area contributed by atoms with Crippen molar-refractivity contribution in [2.24, 2.45) is 17.4 Å². The third-order valence-electron chi connectivity index (χ3n) is 5.79. The van der Waals surface area contributed by atoms with E-state index in [0.29, 0.717) is 25.0 Å². The lowest BCUT2D eigenvalue weighted by Crippen LogP contribution is -2.57. The number of primary amides is 1. The highest BCUT2D eigenvalue weighted by atomic mass is 16.4. The van der Waals surface area contributed by atoms with E-state index in [1.54, 1.807) is 0 Å². The van der Waals surface area contributed by atoms with Gasteiger partial charge in [-0.05, 0) is 31.6 Å². The van der Waals surface area contributed by atoms with Crippen molar-refractivity contribution in [3.8, 4) is 0 Å². The van der Waals surface area contributed by atoms with Gasteiger partial charge in [-0.1, -0.05) is 13.8 Å². The predicted molar refractivity (Wildman–Crippen MR) is 124 cm³/mol. The zero-order valence-electron chi connectivity index (χ0n) is 20.0. The highest BCUT2D eigenvalue weighted by Gasteiger charge is 2.38. The van der Waals surface area contributed by atoms with Crippen LogP contribution >= 0.6 is 0 Å². The van der Waals surface area contributed by atoms with Crippen molar-refractivity contribution in [2.45, 2.75) is 76.5 Å². The molecule has 0 spiro atoms. The molecule has 4 atom stereocenters. The standard InChI is InChI=1S/C22H35N7O6/c1-12(2)8-14(23)19(31)28-16(9-13-10-25-11-26-13)20(32)27-15(5-6-18(24)30)21(33)29-7-3-4-17(29)22(34)35/h10-12,14-17H,3-9,23H2,1-2H3,(H2,24,30)(H,25,26)(H,27,32)(H,28,31)(H,34,35). The van der Waals surface area contributed by atoms with Crippen LogP contribution in [0.1, 0.15) is 51.6 Å². The topological polar surface area (TPSA) is 214 Å². The molecule has 0 radical (unpaired) electrons.